The lowest BCUT2D eigenvalue weighted by molar-refractivity contribution is -0.179. The van der Waals surface area contributed by atoms with Crippen molar-refractivity contribution in [2.45, 2.75) is 38.1 Å². The molecule has 108 valence electrons. The SMILES string of the molecule is CN1C(=O)C(C(=O)OC(C)(C)C)C(N)[C@@]1(O)C(=O)O. The summed E-state index contributed by atoms with van der Waals surface area (Å²) in [6.07, 6.45) is 0. The number of nitrogens with two attached hydrogens (primary N) is 1. The minimum atomic E-state index is -2.61. The molecule has 1 aliphatic heterocycles. The van der Waals surface area contributed by atoms with E-state index in [2.05, 4.69) is 0 Å². The van der Waals surface area contributed by atoms with Gasteiger partial charge in [0.15, 0.2) is 5.92 Å². The minimum absolute atomic E-state index is 0.550. The molecule has 2 unspecified atom stereocenters. The van der Waals surface area contributed by atoms with E-state index < -0.39 is 41.1 Å². The van der Waals surface area contributed by atoms with Gasteiger partial charge in [0.05, 0.1) is 6.04 Å². The molecule has 0 radical (unpaired) electrons. The van der Waals surface area contributed by atoms with Crippen molar-refractivity contribution in [1.82, 2.24) is 4.90 Å². The number of nitrogens with zero attached hydrogens (tertiary/aromatic N) is 1. The molecule has 8 nitrogen and oxygen atoms in total. The van der Waals surface area contributed by atoms with Crippen molar-refractivity contribution in [3.05, 3.63) is 0 Å². The number of amides is 1. The number of carbonyl (C=O) groups excluding carboxylic acids is 2. The van der Waals surface area contributed by atoms with Gasteiger partial charge in [-0.3, -0.25) is 9.59 Å². The van der Waals surface area contributed by atoms with Crippen molar-refractivity contribution in [1.29, 1.82) is 0 Å². The largest absolute Gasteiger partial charge is 0.478 e. The topological polar surface area (TPSA) is 130 Å². The second-order valence-electron chi connectivity index (χ2n) is 5.47. The van der Waals surface area contributed by atoms with Crippen LogP contribution in [0.3, 0.4) is 0 Å². The van der Waals surface area contributed by atoms with Crippen molar-refractivity contribution in [3.8, 4) is 0 Å². The molecule has 0 aromatic heterocycles. The Balaban J connectivity index is 3.09. The van der Waals surface area contributed by atoms with Gasteiger partial charge in [-0.1, -0.05) is 0 Å². The maximum absolute atomic E-state index is 11.9. The number of ether oxygens (including phenoxy) is 1. The summed E-state index contributed by atoms with van der Waals surface area (Å²) in [5.74, 6) is -5.06. The van der Waals surface area contributed by atoms with Crippen LogP contribution in [0.2, 0.25) is 0 Å². The van der Waals surface area contributed by atoms with Crippen LogP contribution in [0.15, 0.2) is 0 Å². The normalized spacial score (nSPS) is 31.5. The van der Waals surface area contributed by atoms with Crippen molar-refractivity contribution in [2.24, 2.45) is 11.7 Å². The van der Waals surface area contributed by atoms with Crippen molar-refractivity contribution >= 4 is 17.8 Å². The summed E-state index contributed by atoms with van der Waals surface area (Å²) in [6, 6.07) is -1.60. The third-order valence-corrected chi connectivity index (χ3v) is 2.91. The van der Waals surface area contributed by atoms with Crippen LogP contribution in [-0.4, -0.2) is 57.4 Å². The average molecular weight is 274 g/mol. The number of likely N-dealkylation sites (N-methyl/N-ethyl adjacent to an activating group) is 1. The van der Waals surface area contributed by atoms with Gasteiger partial charge < -0.3 is 25.6 Å². The Kier molecular flexibility index (Phi) is 3.61. The first-order valence-corrected chi connectivity index (χ1v) is 5.64. The Morgan fingerprint density at radius 1 is 1.42 bits per heavy atom. The first kappa shape index (κ1) is 15.4. The van der Waals surface area contributed by atoms with Crippen molar-refractivity contribution in [3.63, 3.8) is 0 Å². The number of esters is 1. The highest BCUT2D eigenvalue weighted by atomic mass is 16.6. The standard InChI is InChI=1S/C11H18N2O6/c1-10(2,3)19-8(15)5-6(12)11(18,9(16)17)13(4)7(5)14/h5-6,18H,12H2,1-4H3,(H,16,17)/t5?,6?,11-/m1/s1. The van der Waals surface area contributed by atoms with Crippen molar-refractivity contribution < 1.29 is 29.3 Å². The molecule has 8 heteroatoms. The molecule has 0 aliphatic carbocycles. The van der Waals surface area contributed by atoms with Gasteiger partial charge >= 0.3 is 11.9 Å². The molecular formula is C11H18N2O6. The van der Waals surface area contributed by atoms with Gasteiger partial charge in [-0.25, -0.2) is 4.79 Å². The zero-order chi connectivity index (χ0) is 15.2. The van der Waals surface area contributed by atoms with E-state index in [0.29, 0.717) is 4.90 Å². The maximum Gasteiger partial charge on any atom is 0.359 e. The summed E-state index contributed by atoms with van der Waals surface area (Å²) in [5, 5.41) is 19.0. The molecule has 0 bridgehead atoms. The summed E-state index contributed by atoms with van der Waals surface area (Å²) in [5.41, 5.74) is 2.10. The molecule has 1 amide bonds. The van der Waals surface area contributed by atoms with Gasteiger partial charge in [0.2, 0.25) is 5.91 Å². The van der Waals surface area contributed by atoms with Crippen molar-refractivity contribution in [2.75, 3.05) is 7.05 Å². The number of likely N-dealkylation sites (tertiary alicyclic amines) is 1. The number of carboxylic acid groups (broad SMARTS) is 1. The number of carbonyl (C=O) groups is 3. The number of carboxylic acids is 1. The minimum Gasteiger partial charge on any atom is -0.478 e. The van der Waals surface area contributed by atoms with E-state index in [1.54, 1.807) is 20.8 Å². The molecule has 3 atom stereocenters. The molecule has 0 aromatic rings. The molecule has 1 heterocycles. The van der Waals surface area contributed by atoms with Gasteiger partial charge in [0, 0.05) is 7.05 Å². The van der Waals surface area contributed by atoms with Gasteiger partial charge in [-0.15, -0.1) is 0 Å². The Hall–Kier alpha value is -1.67. The van der Waals surface area contributed by atoms with Crippen LogP contribution < -0.4 is 5.73 Å². The molecular weight excluding hydrogens is 256 g/mol. The van der Waals surface area contributed by atoms with Gasteiger partial charge in [0.1, 0.15) is 5.60 Å². The third kappa shape index (κ3) is 2.41. The van der Waals surface area contributed by atoms with Crippen LogP contribution in [0.25, 0.3) is 0 Å². The number of rotatable bonds is 2. The lowest BCUT2D eigenvalue weighted by atomic mass is 9.96. The summed E-state index contributed by atoms with van der Waals surface area (Å²) in [4.78, 5) is 35.4. The molecule has 1 rings (SSSR count). The van der Waals surface area contributed by atoms with Crippen LogP contribution in [0.5, 0.6) is 0 Å². The number of hydrogen-bond acceptors (Lipinski definition) is 6. The van der Waals surface area contributed by atoms with Gasteiger partial charge in [-0.2, -0.15) is 0 Å². The molecule has 19 heavy (non-hydrogen) atoms. The fourth-order valence-electron chi connectivity index (χ4n) is 1.88. The van der Waals surface area contributed by atoms with Crippen LogP contribution in [0, 0.1) is 5.92 Å². The molecule has 1 saturated heterocycles. The van der Waals surface area contributed by atoms with E-state index in [1.807, 2.05) is 0 Å². The molecule has 0 spiro atoms. The zero-order valence-corrected chi connectivity index (χ0v) is 11.2. The Morgan fingerprint density at radius 3 is 2.21 bits per heavy atom. The summed E-state index contributed by atoms with van der Waals surface area (Å²) in [6.45, 7) is 4.80. The quantitative estimate of drug-likeness (QED) is 0.413. The predicted molar refractivity (Wildman–Crippen MR) is 62.7 cm³/mol. The fourth-order valence-corrected chi connectivity index (χ4v) is 1.88. The monoisotopic (exact) mass is 274 g/mol. The lowest BCUT2D eigenvalue weighted by Gasteiger charge is -2.28. The highest BCUT2D eigenvalue weighted by Gasteiger charge is 2.63. The summed E-state index contributed by atoms with van der Waals surface area (Å²) in [7, 11) is 1.07. The third-order valence-electron chi connectivity index (χ3n) is 2.91. The smallest absolute Gasteiger partial charge is 0.359 e. The molecule has 0 aromatic carbocycles. The van der Waals surface area contributed by atoms with Crippen LogP contribution >= 0.6 is 0 Å². The first-order chi connectivity index (χ1) is 8.43. The van der Waals surface area contributed by atoms with E-state index in [0.717, 1.165) is 7.05 Å². The second kappa shape index (κ2) is 4.46. The second-order valence-corrected chi connectivity index (χ2v) is 5.47. The summed E-state index contributed by atoms with van der Waals surface area (Å²) >= 11 is 0. The molecule has 1 aliphatic rings. The van der Waals surface area contributed by atoms with E-state index in [9.17, 15) is 19.5 Å². The van der Waals surface area contributed by atoms with Gasteiger partial charge in [-0.05, 0) is 20.8 Å². The number of aliphatic hydroxyl groups is 1. The first-order valence-electron chi connectivity index (χ1n) is 5.64. The molecule has 0 saturated carbocycles. The molecule has 4 N–H and O–H groups in total. The highest BCUT2D eigenvalue weighted by molar-refractivity contribution is 6.04. The maximum atomic E-state index is 11.9. The highest BCUT2D eigenvalue weighted by Crippen LogP contribution is 2.32. The molecule has 1 fully saturated rings. The average Bonchev–Trinajstić information content (AvgIpc) is 2.39. The van der Waals surface area contributed by atoms with E-state index >= 15 is 0 Å². The lowest BCUT2D eigenvalue weighted by Crippen LogP contribution is -2.59. The number of hydrogen-bond donors (Lipinski definition) is 3. The fraction of sp³-hybridized carbons (Fsp3) is 0.727. The van der Waals surface area contributed by atoms with E-state index in [1.165, 1.54) is 0 Å². The Morgan fingerprint density at radius 2 is 1.89 bits per heavy atom. The van der Waals surface area contributed by atoms with E-state index in [-0.39, 0.29) is 0 Å². The Bertz CT molecular complexity index is 429. The zero-order valence-electron chi connectivity index (χ0n) is 11.2. The van der Waals surface area contributed by atoms with Crippen LogP contribution in [-0.2, 0) is 19.1 Å². The summed E-state index contributed by atoms with van der Waals surface area (Å²) < 4.78 is 5.01. The predicted octanol–water partition coefficient (Wildman–Crippen LogP) is -1.48. The van der Waals surface area contributed by atoms with E-state index in [4.69, 9.17) is 15.6 Å². The number of aliphatic carboxylic acids is 1. The Labute approximate surface area is 110 Å². The van der Waals surface area contributed by atoms with Gasteiger partial charge in [0.25, 0.3) is 5.72 Å². The van der Waals surface area contributed by atoms with Crippen LogP contribution in [0.4, 0.5) is 0 Å². The van der Waals surface area contributed by atoms with Crippen LogP contribution in [0.1, 0.15) is 20.8 Å².